The van der Waals surface area contributed by atoms with Crippen LogP contribution in [0.3, 0.4) is 0 Å². The molecule has 0 aliphatic rings. The maximum absolute atomic E-state index is 12.1. The summed E-state index contributed by atoms with van der Waals surface area (Å²) in [7, 11) is 1.51. The van der Waals surface area contributed by atoms with Crippen molar-refractivity contribution in [1.82, 2.24) is 5.32 Å². The molecule has 6 heteroatoms. The van der Waals surface area contributed by atoms with Crippen LogP contribution in [0.5, 0.6) is 5.75 Å². The molecule has 0 heterocycles. The summed E-state index contributed by atoms with van der Waals surface area (Å²) in [6.07, 6.45) is 0. The van der Waals surface area contributed by atoms with Crippen LogP contribution in [0.4, 0.5) is 5.69 Å². The summed E-state index contributed by atoms with van der Waals surface area (Å²) in [6, 6.07) is 13.9. The third-order valence-electron chi connectivity index (χ3n) is 2.68. The van der Waals surface area contributed by atoms with Crippen LogP contribution in [0.15, 0.2) is 48.5 Å². The van der Waals surface area contributed by atoms with Gasteiger partial charge in [0, 0.05) is 10.7 Å². The molecule has 2 aromatic carbocycles. The van der Waals surface area contributed by atoms with Gasteiger partial charge >= 0.3 is 0 Å². The van der Waals surface area contributed by atoms with E-state index in [0.717, 1.165) is 5.69 Å². The molecule has 0 atom stereocenters. The Balaban J connectivity index is 2.02. The summed E-state index contributed by atoms with van der Waals surface area (Å²) in [5.41, 5.74) is 1.16. The van der Waals surface area contributed by atoms with Crippen molar-refractivity contribution in [3.63, 3.8) is 0 Å². The number of nitrogens with one attached hydrogen (secondary N) is 2. The molecule has 108 valence electrons. The summed E-state index contributed by atoms with van der Waals surface area (Å²) >= 11 is 10.9. The summed E-state index contributed by atoms with van der Waals surface area (Å²) in [5.74, 6) is 0.156. The van der Waals surface area contributed by atoms with Crippen molar-refractivity contribution in [2.45, 2.75) is 0 Å². The molecule has 0 saturated heterocycles. The van der Waals surface area contributed by atoms with E-state index < -0.39 is 0 Å². The molecule has 0 spiro atoms. The largest absolute Gasteiger partial charge is 0.496 e. The van der Waals surface area contributed by atoms with Gasteiger partial charge in [0.15, 0.2) is 5.11 Å². The Kier molecular flexibility index (Phi) is 5.14. The summed E-state index contributed by atoms with van der Waals surface area (Å²) in [6.45, 7) is 0. The number of carbonyl (C=O) groups is 1. The first-order valence-corrected chi connectivity index (χ1v) is 6.89. The van der Waals surface area contributed by atoms with E-state index in [0.29, 0.717) is 16.3 Å². The van der Waals surface area contributed by atoms with Crippen LogP contribution in [0, 0.1) is 0 Å². The van der Waals surface area contributed by atoms with Crippen molar-refractivity contribution in [2.75, 3.05) is 12.4 Å². The van der Waals surface area contributed by atoms with Crippen molar-refractivity contribution in [1.29, 1.82) is 0 Å². The van der Waals surface area contributed by atoms with E-state index in [-0.39, 0.29) is 11.0 Å². The van der Waals surface area contributed by atoms with Crippen LogP contribution in [-0.2, 0) is 0 Å². The fraction of sp³-hybridized carbons (Fsp3) is 0.0667. The third kappa shape index (κ3) is 4.18. The molecule has 0 bridgehead atoms. The first-order chi connectivity index (χ1) is 10.1. The normalized spacial score (nSPS) is 9.81. The van der Waals surface area contributed by atoms with Gasteiger partial charge in [0.1, 0.15) is 5.75 Å². The quantitative estimate of drug-likeness (QED) is 0.850. The van der Waals surface area contributed by atoms with Crippen molar-refractivity contribution in [2.24, 2.45) is 0 Å². The summed E-state index contributed by atoms with van der Waals surface area (Å²) in [4.78, 5) is 12.1. The van der Waals surface area contributed by atoms with Gasteiger partial charge in [-0.05, 0) is 48.6 Å². The Morgan fingerprint density at radius 2 is 1.81 bits per heavy atom. The number of carbonyl (C=O) groups excluding carboxylic acids is 1. The number of hydrogen-bond donors (Lipinski definition) is 2. The molecule has 2 rings (SSSR count). The SMILES string of the molecule is COc1ccccc1C(=O)NC(=S)Nc1ccc(Cl)cc1. The van der Waals surface area contributed by atoms with E-state index in [9.17, 15) is 4.79 Å². The summed E-state index contributed by atoms with van der Waals surface area (Å²) < 4.78 is 5.14. The van der Waals surface area contributed by atoms with E-state index >= 15 is 0 Å². The smallest absolute Gasteiger partial charge is 0.261 e. The maximum Gasteiger partial charge on any atom is 0.261 e. The van der Waals surface area contributed by atoms with Crippen LogP contribution in [-0.4, -0.2) is 18.1 Å². The highest BCUT2D eigenvalue weighted by Crippen LogP contribution is 2.17. The minimum atomic E-state index is -0.334. The topological polar surface area (TPSA) is 50.4 Å². The standard InChI is InChI=1S/C15H13ClN2O2S/c1-20-13-5-3-2-4-12(13)14(19)18-15(21)17-11-8-6-10(16)7-9-11/h2-9H,1H3,(H2,17,18,19,21). The first kappa shape index (κ1) is 15.3. The Bertz CT molecular complexity index is 659. The number of thiocarbonyl (C=S) groups is 1. The van der Waals surface area contributed by atoms with Crippen molar-refractivity contribution in [3.05, 3.63) is 59.1 Å². The third-order valence-corrected chi connectivity index (χ3v) is 3.14. The molecule has 0 aliphatic carbocycles. The van der Waals surface area contributed by atoms with E-state index in [4.69, 9.17) is 28.6 Å². The fourth-order valence-corrected chi connectivity index (χ4v) is 2.03. The first-order valence-electron chi connectivity index (χ1n) is 6.11. The highest BCUT2D eigenvalue weighted by atomic mass is 35.5. The van der Waals surface area contributed by atoms with Crippen LogP contribution >= 0.6 is 23.8 Å². The number of rotatable bonds is 3. The molecule has 1 amide bonds. The van der Waals surface area contributed by atoms with Gasteiger partial charge < -0.3 is 10.1 Å². The second kappa shape index (κ2) is 7.06. The zero-order valence-corrected chi connectivity index (χ0v) is 12.8. The molecule has 2 N–H and O–H groups in total. The van der Waals surface area contributed by atoms with Crippen LogP contribution < -0.4 is 15.4 Å². The fourth-order valence-electron chi connectivity index (χ4n) is 1.70. The number of halogens is 1. The molecular weight excluding hydrogens is 308 g/mol. The van der Waals surface area contributed by atoms with Gasteiger partial charge in [-0.3, -0.25) is 10.1 Å². The number of anilines is 1. The Morgan fingerprint density at radius 1 is 1.14 bits per heavy atom. The second-order valence-corrected chi connectivity index (χ2v) is 4.96. The van der Waals surface area contributed by atoms with E-state index in [1.807, 2.05) is 0 Å². The van der Waals surface area contributed by atoms with Crippen LogP contribution in [0.2, 0.25) is 5.02 Å². The predicted molar refractivity (Wildman–Crippen MR) is 88.1 cm³/mol. The van der Waals surface area contributed by atoms with E-state index in [2.05, 4.69) is 10.6 Å². The minimum Gasteiger partial charge on any atom is -0.496 e. The molecule has 0 saturated carbocycles. The molecule has 2 aromatic rings. The van der Waals surface area contributed by atoms with Gasteiger partial charge in [-0.2, -0.15) is 0 Å². The lowest BCUT2D eigenvalue weighted by Gasteiger charge is -2.11. The van der Waals surface area contributed by atoms with Crippen LogP contribution in [0.1, 0.15) is 10.4 Å². The highest BCUT2D eigenvalue weighted by Gasteiger charge is 2.12. The lowest BCUT2D eigenvalue weighted by Crippen LogP contribution is -2.34. The highest BCUT2D eigenvalue weighted by molar-refractivity contribution is 7.80. The second-order valence-electron chi connectivity index (χ2n) is 4.12. The number of hydrogen-bond acceptors (Lipinski definition) is 3. The van der Waals surface area contributed by atoms with Gasteiger partial charge in [0.2, 0.25) is 0 Å². The maximum atomic E-state index is 12.1. The molecule has 4 nitrogen and oxygen atoms in total. The number of benzene rings is 2. The Labute approximate surface area is 133 Å². The zero-order valence-electron chi connectivity index (χ0n) is 11.2. The van der Waals surface area contributed by atoms with Gasteiger partial charge in [0.05, 0.1) is 12.7 Å². The Morgan fingerprint density at radius 3 is 2.48 bits per heavy atom. The minimum absolute atomic E-state index is 0.202. The average molecular weight is 321 g/mol. The summed E-state index contributed by atoms with van der Waals surface area (Å²) in [5, 5.41) is 6.34. The molecule has 0 aliphatic heterocycles. The lowest BCUT2D eigenvalue weighted by atomic mass is 10.2. The molecule has 21 heavy (non-hydrogen) atoms. The van der Waals surface area contributed by atoms with Gasteiger partial charge in [0.25, 0.3) is 5.91 Å². The predicted octanol–water partition coefficient (Wildman–Crippen LogP) is 3.48. The molecule has 0 unspecified atom stereocenters. The van der Waals surface area contributed by atoms with Crippen molar-refractivity contribution in [3.8, 4) is 5.75 Å². The Hall–Kier alpha value is -2.11. The van der Waals surface area contributed by atoms with E-state index in [1.165, 1.54) is 7.11 Å². The van der Waals surface area contributed by atoms with Crippen LogP contribution in [0.25, 0.3) is 0 Å². The van der Waals surface area contributed by atoms with Crippen molar-refractivity contribution >= 4 is 40.5 Å². The molecule has 0 fully saturated rings. The molecule has 0 radical (unpaired) electrons. The van der Waals surface area contributed by atoms with Gasteiger partial charge in [-0.15, -0.1) is 0 Å². The number of para-hydroxylation sites is 1. The number of ether oxygens (including phenoxy) is 1. The monoisotopic (exact) mass is 320 g/mol. The van der Waals surface area contributed by atoms with Gasteiger partial charge in [-0.25, -0.2) is 0 Å². The van der Waals surface area contributed by atoms with Gasteiger partial charge in [-0.1, -0.05) is 23.7 Å². The molecular formula is C15H13ClN2O2S. The zero-order chi connectivity index (χ0) is 15.2. The number of amides is 1. The molecule has 0 aromatic heterocycles. The number of methoxy groups -OCH3 is 1. The average Bonchev–Trinajstić information content (AvgIpc) is 2.49. The van der Waals surface area contributed by atoms with Crippen molar-refractivity contribution < 1.29 is 9.53 Å². The lowest BCUT2D eigenvalue weighted by molar-refractivity contribution is 0.0975. The van der Waals surface area contributed by atoms with E-state index in [1.54, 1.807) is 48.5 Å².